The largest absolute Gasteiger partial charge is 0.448 e. The van der Waals surface area contributed by atoms with Crippen molar-refractivity contribution in [1.29, 1.82) is 0 Å². The molecule has 3 aromatic rings. The number of fused-ring (bicyclic) bond motifs is 1. The number of benzene rings is 2. The fourth-order valence-electron chi connectivity index (χ4n) is 3.82. The first-order valence-corrected chi connectivity index (χ1v) is 9.94. The third-order valence-corrected chi connectivity index (χ3v) is 5.28. The van der Waals surface area contributed by atoms with Gasteiger partial charge in [-0.2, -0.15) is 4.80 Å². The molecule has 8 nitrogen and oxygen atoms in total. The zero-order valence-electron chi connectivity index (χ0n) is 16.2. The molecule has 0 atom stereocenters. The lowest BCUT2D eigenvalue weighted by atomic mass is 9.94. The molecular formula is C21H20FN5O3. The van der Waals surface area contributed by atoms with E-state index in [2.05, 4.69) is 20.7 Å². The van der Waals surface area contributed by atoms with E-state index in [4.69, 9.17) is 9.47 Å². The maximum atomic E-state index is 13.0. The van der Waals surface area contributed by atoms with Crippen molar-refractivity contribution in [1.82, 2.24) is 20.2 Å². The molecule has 1 aromatic heterocycles. The maximum Gasteiger partial charge on any atom is 0.251 e. The molecule has 2 aromatic carbocycles. The highest BCUT2D eigenvalue weighted by Crippen LogP contribution is 2.46. The number of carbonyl (C=O) groups is 1. The average molecular weight is 409 g/mol. The van der Waals surface area contributed by atoms with Crippen molar-refractivity contribution < 1.29 is 18.7 Å². The van der Waals surface area contributed by atoms with E-state index >= 15 is 0 Å². The molecule has 1 aliphatic carbocycles. The molecule has 1 N–H and O–H groups in total. The number of nitrogens with zero attached hydrogens (tertiary/aromatic N) is 4. The van der Waals surface area contributed by atoms with Gasteiger partial charge in [-0.3, -0.25) is 4.79 Å². The quantitative estimate of drug-likeness (QED) is 0.709. The minimum Gasteiger partial charge on any atom is -0.448 e. The number of tetrazole rings is 1. The molecule has 2 aliphatic rings. The Labute approximate surface area is 172 Å². The molecule has 1 amide bonds. The molecule has 30 heavy (non-hydrogen) atoms. The Morgan fingerprint density at radius 3 is 2.63 bits per heavy atom. The summed E-state index contributed by atoms with van der Waals surface area (Å²) in [6, 6.07) is 11.1. The van der Waals surface area contributed by atoms with E-state index < -0.39 is 5.79 Å². The number of halogens is 1. The van der Waals surface area contributed by atoms with Gasteiger partial charge in [0.15, 0.2) is 11.5 Å². The second kappa shape index (κ2) is 7.40. The lowest BCUT2D eigenvalue weighted by Gasteiger charge is -2.31. The number of hydrogen-bond donors (Lipinski definition) is 1. The van der Waals surface area contributed by atoms with E-state index in [1.165, 1.54) is 23.4 Å². The summed E-state index contributed by atoms with van der Waals surface area (Å²) in [6.07, 6.45) is 5.12. The number of rotatable bonds is 4. The van der Waals surface area contributed by atoms with E-state index in [1.54, 1.807) is 24.3 Å². The number of aromatic nitrogens is 4. The fraction of sp³-hybridized carbons (Fsp3) is 0.333. The third kappa shape index (κ3) is 3.70. The summed E-state index contributed by atoms with van der Waals surface area (Å²) in [5.74, 6) is 0.477. The lowest BCUT2D eigenvalue weighted by molar-refractivity contribution is -0.117. The summed E-state index contributed by atoms with van der Waals surface area (Å²) in [5.41, 5.74) is 1.23. The Balaban J connectivity index is 1.23. The van der Waals surface area contributed by atoms with Crippen LogP contribution in [0.15, 0.2) is 42.5 Å². The Morgan fingerprint density at radius 1 is 1.07 bits per heavy atom. The van der Waals surface area contributed by atoms with Crippen molar-refractivity contribution in [2.45, 2.75) is 44.4 Å². The van der Waals surface area contributed by atoms with Gasteiger partial charge in [-0.05, 0) is 54.5 Å². The molecule has 9 heteroatoms. The molecule has 1 aliphatic heterocycles. The van der Waals surface area contributed by atoms with Crippen LogP contribution in [0.4, 0.5) is 10.1 Å². The highest BCUT2D eigenvalue weighted by molar-refractivity contribution is 5.90. The van der Waals surface area contributed by atoms with E-state index in [0.29, 0.717) is 28.6 Å². The van der Waals surface area contributed by atoms with Crippen molar-refractivity contribution in [2.75, 3.05) is 5.32 Å². The Hall–Kier alpha value is -3.49. The van der Waals surface area contributed by atoms with Gasteiger partial charge < -0.3 is 14.8 Å². The molecule has 0 bridgehead atoms. The number of ether oxygens (including phenoxy) is 2. The first-order chi connectivity index (χ1) is 14.6. The molecule has 1 spiro atoms. The summed E-state index contributed by atoms with van der Waals surface area (Å²) >= 11 is 0. The SMILES string of the molecule is O=C(Cn1nnc(-c2ccc(F)cc2)n1)Nc1ccc2c(c1)OC1(CCCCC1)O2. The molecule has 2 heterocycles. The van der Waals surface area contributed by atoms with E-state index in [1.807, 2.05) is 6.07 Å². The van der Waals surface area contributed by atoms with Crippen LogP contribution in [0.2, 0.25) is 0 Å². The van der Waals surface area contributed by atoms with Gasteiger partial charge in [0.25, 0.3) is 5.79 Å². The van der Waals surface area contributed by atoms with Crippen LogP contribution in [0.25, 0.3) is 11.4 Å². The molecule has 0 saturated heterocycles. The second-order valence-corrected chi connectivity index (χ2v) is 7.54. The van der Waals surface area contributed by atoms with Crippen molar-refractivity contribution in [3.05, 3.63) is 48.3 Å². The molecule has 0 unspecified atom stereocenters. The van der Waals surface area contributed by atoms with E-state index in [0.717, 1.165) is 25.7 Å². The van der Waals surface area contributed by atoms with Crippen molar-refractivity contribution >= 4 is 11.6 Å². The Bertz CT molecular complexity index is 1080. The van der Waals surface area contributed by atoms with Crippen molar-refractivity contribution in [3.63, 3.8) is 0 Å². The summed E-state index contributed by atoms with van der Waals surface area (Å²) < 4.78 is 25.2. The minimum absolute atomic E-state index is 0.105. The van der Waals surface area contributed by atoms with Crippen LogP contribution >= 0.6 is 0 Å². The molecule has 5 rings (SSSR count). The van der Waals surface area contributed by atoms with E-state index in [-0.39, 0.29) is 18.3 Å². The lowest BCUT2D eigenvalue weighted by Crippen LogP contribution is -2.40. The normalized spacial score (nSPS) is 16.6. The molecule has 1 fully saturated rings. The third-order valence-electron chi connectivity index (χ3n) is 5.28. The average Bonchev–Trinajstić information content (AvgIpc) is 3.33. The van der Waals surface area contributed by atoms with Crippen LogP contribution in [0, 0.1) is 5.82 Å². The van der Waals surface area contributed by atoms with Gasteiger partial charge in [-0.25, -0.2) is 4.39 Å². The highest BCUT2D eigenvalue weighted by Gasteiger charge is 2.42. The summed E-state index contributed by atoms with van der Waals surface area (Å²) in [5, 5.41) is 14.8. The monoisotopic (exact) mass is 409 g/mol. The van der Waals surface area contributed by atoms with Gasteiger partial charge in [-0.1, -0.05) is 6.42 Å². The topological polar surface area (TPSA) is 91.2 Å². The summed E-state index contributed by atoms with van der Waals surface area (Å²) in [6.45, 7) is -0.105. The van der Waals surface area contributed by atoms with Gasteiger partial charge in [0.1, 0.15) is 12.4 Å². The predicted molar refractivity (Wildman–Crippen MR) is 105 cm³/mol. The standard InChI is InChI=1S/C21H20FN5O3/c22-15-6-4-14(5-7-15)20-24-26-27(25-20)13-19(28)23-16-8-9-17-18(12-16)30-21(29-17)10-2-1-3-11-21/h4-9,12H,1-3,10-11,13H2,(H,23,28). The summed E-state index contributed by atoms with van der Waals surface area (Å²) in [4.78, 5) is 13.6. The molecular weight excluding hydrogens is 389 g/mol. The molecule has 154 valence electrons. The molecule has 1 saturated carbocycles. The molecule has 0 radical (unpaired) electrons. The van der Waals surface area contributed by atoms with Gasteiger partial charge in [-0.15, -0.1) is 10.2 Å². The first-order valence-electron chi connectivity index (χ1n) is 9.94. The number of amides is 1. The van der Waals surface area contributed by atoms with Gasteiger partial charge in [0.2, 0.25) is 11.7 Å². The first kappa shape index (κ1) is 18.5. The smallest absolute Gasteiger partial charge is 0.251 e. The van der Waals surface area contributed by atoms with Gasteiger partial charge in [0, 0.05) is 30.2 Å². The number of anilines is 1. The number of nitrogens with one attached hydrogen (secondary N) is 1. The maximum absolute atomic E-state index is 13.0. The van der Waals surface area contributed by atoms with Crippen LogP contribution in [0.1, 0.15) is 32.1 Å². The van der Waals surface area contributed by atoms with Crippen LogP contribution in [-0.4, -0.2) is 31.9 Å². The number of hydrogen-bond acceptors (Lipinski definition) is 6. The fourth-order valence-corrected chi connectivity index (χ4v) is 3.82. The van der Waals surface area contributed by atoms with Gasteiger partial charge >= 0.3 is 0 Å². The van der Waals surface area contributed by atoms with Crippen LogP contribution in [-0.2, 0) is 11.3 Å². The zero-order valence-corrected chi connectivity index (χ0v) is 16.2. The van der Waals surface area contributed by atoms with Crippen LogP contribution < -0.4 is 14.8 Å². The predicted octanol–water partition coefficient (Wildman–Crippen LogP) is 3.55. The van der Waals surface area contributed by atoms with Gasteiger partial charge in [0.05, 0.1) is 0 Å². The summed E-state index contributed by atoms with van der Waals surface area (Å²) in [7, 11) is 0. The Kier molecular flexibility index (Phi) is 4.57. The minimum atomic E-state index is -0.551. The van der Waals surface area contributed by atoms with Crippen molar-refractivity contribution in [2.24, 2.45) is 0 Å². The Morgan fingerprint density at radius 2 is 1.83 bits per heavy atom. The second-order valence-electron chi connectivity index (χ2n) is 7.54. The van der Waals surface area contributed by atoms with Crippen LogP contribution in [0.5, 0.6) is 11.5 Å². The van der Waals surface area contributed by atoms with E-state index in [9.17, 15) is 9.18 Å². The highest BCUT2D eigenvalue weighted by atomic mass is 19.1. The number of carbonyl (C=O) groups excluding carboxylic acids is 1. The zero-order chi connectivity index (χ0) is 20.6. The van der Waals surface area contributed by atoms with Crippen LogP contribution in [0.3, 0.4) is 0 Å². The van der Waals surface area contributed by atoms with Crippen molar-refractivity contribution in [3.8, 4) is 22.9 Å².